The molecule has 2 N–H and O–H groups in total. The van der Waals surface area contributed by atoms with Crippen molar-refractivity contribution in [3.05, 3.63) is 52.5 Å². The molecule has 26 heavy (non-hydrogen) atoms. The van der Waals surface area contributed by atoms with Crippen molar-refractivity contribution in [3.8, 4) is 11.8 Å². The van der Waals surface area contributed by atoms with Gasteiger partial charge in [0.1, 0.15) is 12.2 Å². The van der Waals surface area contributed by atoms with Crippen molar-refractivity contribution in [1.29, 1.82) is 5.26 Å². The highest BCUT2D eigenvalue weighted by molar-refractivity contribution is 6.32. The van der Waals surface area contributed by atoms with Gasteiger partial charge in [-0.2, -0.15) is 5.26 Å². The summed E-state index contributed by atoms with van der Waals surface area (Å²) in [6, 6.07) is 11.9. The second kappa shape index (κ2) is 8.88. The maximum atomic E-state index is 12.0. The second-order valence-electron chi connectivity index (χ2n) is 5.67. The number of benzene rings is 2. The van der Waals surface area contributed by atoms with E-state index in [1.807, 2.05) is 13.8 Å². The predicted molar refractivity (Wildman–Crippen MR) is 100 cm³/mol. The van der Waals surface area contributed by atoms with Gasteiger partial charge in [0.2, 0.25) is 5.91 Å². The zero-order valence-corrected chi connectivity index (χ0v) is 15.2. The van der Waals surface area contributed by atoms with Crippen LogP contribution in [0.15, 0.2) is 36.4 Å². The molecule has 0 aliphatic carbocycles. The molecule has 0 spiro atoms. The topological polar surface area (TPSA) is 91.2 Å². The van der Waals surface area contributed by atoms with Gasteiger partial charge in [-0.05, 0) is 61.4 Å². The first kappa shape index (κ1) is 19.3. The standard InChI is InChI=1S/C19H18ClN3O3/c1-12-9-16(10-13(2)19(12)20)26-11-18(25)23-15-5-3-14(4-6-15)22-17(24)7-8-21/h3-6,9-10H,7,11H2,1-2H3,(H,22,24)(H,23,25). The van der Waals surface area contributed by atoms with Gasteiger partial charge < -0.3 is 15.4 Å². The Balaban J connectivity index is 1.88. The molecule has 7 heteroatoms. The molecule has 0 unspecified atom stereocenters. The Kier molecular flexibility index (Phi) is 6.59. The Bertz CT molecular complexity index is 834. The van der Waals surface area contributed by atoms with E-state index in [0.29, 0.717) is 22.1 Å². The SMILES string of the molecule is Cc1cc(OCC(=O)Nc2ccc(NC(=O)CC#N)cc2)cc(C)c1Cl. The van der Waals surface area contributed by atoms with E-state index in [1.165, 1.54) is 0 Å². The molecule has 0 radical (unpaired) electrons. The summed E-state index contributed by atoms with van der Waals surface area (Å²) >= 11 is 6.10. The average molecular weight is 372 g/mol. The van der Waals surface area contributed by atoms with Gasteiger partial charge in [0.15, 0.2) is 6.61 Å². The molecule has 2 rings (SSSR count). The minimum atomic E-state index is -0.383. The molecule has 2 aromatic carbocycles. The molecular formula is C19H18ClN3O3. The number of halogens is 1. The van der Waals surface area contributed by atoms with Crippen LogP contribution in [0.5, 0.6) is 5.75 Å². The number of rotatable bonds is 6. The maximum absolute atomic E-state index is 12.0. The molecule has 0 atom stereocenters. The van der Waals surface area contributed by atoms with Crippen molar-refractivity contribution in [1.82, 2.24) is 0 Å². The van der Waals surface area contributed by atoms with E-state index >= 15 is 0 Å². The van der Waals surface area contributed by atoms with E-state index in [9.17, 15) is 9.59 Å². The summed E-state index contributed by atoms with van der Waals surface area (Å²) in [5, 5.41) is 14.4. The quantitative estimate of drug-likeness (QED) is 0.807. The van der Waals surface area contributed by atoms with Crippen molar-refractivity contribution in [3.63, 3.8) is 0 Å². The fourth-order valence-corrected chi connectivity index (χ4v) is 2.36. The summed E-state index contributed by atoms with van der Waals surface area (Å²) in [5.41, 5.74) is 2.89. The van der Waals surface area contributed by atoms with Crippen LogP contribution in [-0.2, 0) is 9.59 Å². The zero-order chi connectivity index (χ0) is 19.1. The molecule has 2 amide bonds. The summed E-state index contributed by atoms with van der Waals surface area (Å²) in [6.07, 6.45) is -0.209. The van der Waals surface area contributed by atoms with Crippen molar-refractivity contribution < 1.29 is 14.3 Å². The summed E-state index contributed by atoms with van der Waals surface area (Å²) in [6.45, 7) is 3.61. The molecule has 0 aromatic heterocycles. The molecule has 0 saturated carbocycles. The lowest BCUT2D eigenvalue weighted by Gasteiger charge is -2.11. The highest BCUT2D eigenvalue weighted by Crippen LogP contribution is 2.25. The highest BCUT2D eigenvalue weighted by Gasteiger charge is 2.07. The molecule has 0 heterocycles. The fourth-order valence-electron chi connectivity index (χ4n) is 2.25. The number of anilines is 2. The number of nitrogens with one attached hydrogen (secondary N) is 2. The van der Waals surface area contributed by atoms with Crippen LogP contribution in [0.1, 0.15) is 17.5 Å². The van der Waals surface area contributed by atoms with Crippen molar-refractivity contribution in [2.45, 2.75) is 20.3 Å². The predicted octanol–water partition coefficient (Wildman–Crippen LogP) is 3.83. The van der Waals surface area contributed by atoms with E-state index in [1.54, 1.807) is 42.5 Å². The van der Waals surface area contributed by atoms with E-state index in [2.05, 4.69) is 10.6 Å². The summed E-state index contributed by atoms with van der Waals surface area (Å²) in [4.78, 5) is 23.3. The molecular weight excluding hydrogens is 354 g/mol. The van der Waals surface area contributed by atoms with Crippen LogP contribution >= 0.6 is 11.6 Å². The third-order valence-corrected chi connectivity index (χ3v) is 4.07. The normalized spacial score (nSPS) is 9.92. The van der Waals surface area contributed by atoms with Gasteiger partial charge in [0.25, 0.3) is 5.91 Å². The first-order valence-electron chi connectivity index (χ1n) is 7.85. The lowest BCUT2D eigenvalue weighted by molar-refractivity contribution is -0.118. The summed E-state index contributed by atoms with van der Waals surface area (Å²) in [7, 11) is 0. The van der Waals surface area contributed by atoms with Crippen LogP contribution in [0.3, 0.4) is 0 Å². The average Bonchev–Trinajstić information content (AvgIpc) is 2.59. The number of nitriles is 1. The minimum Gasteiger partial charge on any atom is -0.484 e. The van der Waals surface area contributed by atoms with Gasteiger partial charge in [-0.3, -0.25) is 9.59 Å². The van der Waals surface area contributed by atoms with Crippen LogP contribution in [0.25, 0.3) is 0 Å². The number of amides is 2. The smallest absolute Gasteiger partial charge is 0.262 e. The molecule has 0 aliphatic heterocycles. The van der Waals surface area contributed by atoms with E-state index in [-0.39, 0.29) is 24.8 Å². The zero-order valence-electron chi connectivity index (χ0n) is 14.4. The van der Waals surface area contributed by atoms with Crippen molar-refractivity contribution in [2.24, 2.45) is 0 Å². The Labute approximate surface area is 156 Å². The van der Waals surface area contributed by atoms with Gasteiger partial charge in [-0.1, -0.05) is 11.6 Å². The largest absolute Gasteiger partial charge is 0.484 e. The van der Waals surface area contributed by atoms with Crippen LogP contribution in [0.2, 0.25) is 5.02 Å². The van der Waals surface area contributed by atoms with E-state index in [4.69, 9.17) is 21.6 Å². The molecule has 0 aliphatic rings. The molecule has 2 aromatic rings. The third-order valence-electron chi connectivity index (χ3n) is 3.47. The van der Waals surface area contributed by atoms with Crippen LogP contribution in [-0.4, -0.2) is 18.4 Å². The van der Waals surface area contributed by atoms with Gasteiger partial charge in [-0.15, -0.1) is 0 Å². The first-order valence-corrected chi connectivity index (χ1v) is 8.23. The lowest BCUT2D eigenvalue weighted by atomic mass is 10.1. The van der Waals surface area contributed by atoms with Crippen molar-refractivity contribution in [2.75, 3.05) is 17.2 Å². The first-order chi connectivity index (χ1) is 12.4. The third kappa shape index (κ3) is 5.50. The number of aryl methyl sites for hydroxylation is 2. The van der Waals surface area contributed by atoms with Crippen molar-refractivity contribution >= 4 is 34.8 Å². The van der Waals surface area contributed by atoms with E-state index in [0.717, 1.165) is 11.1 Å². The molecule has 0 fully saturated rings. The fraction of sp³-hybridized carbons (Fsp3) is 0.211. The highest BCUT2D eigenvalue weighted by atomic mass is 35.5. The molecule has 0 bridgehead atoms. The number of ether oxygens (including phenoxy) is 1. The van der Waals surface area contributed by atoms with E-state index < -0.39 is 0 Å². The molecule has 6 nitrogen and oxygen atoms in total. The number of hydrogen-bond acceptors (Lipinski definition) is 4. The van der Waals surface area contributed by atoms with Gasteiger partial charge in [0, 0.05) is 16.4 Å². The van der Waals surface area contributed by atoms with Gasteiger partial charge in [0.05, 0.1) is 6.07 Å². The molecule has 0 saturated heterocycles. The summed E-state index contributed by atoms with van der Waals surface area (Å²) < 4.78 is 5.50. The second-order valence-corrected chi connectivity index (χ2v) is 6.05. The Hall–Kier alpha value is -3.04. The van der Waals surface area contributed by atoms with Gasteiger partial charge >= 0.3 is 0 Å². The van der Waals surface area contributed by atoms with Crippen LogP contribution < -0.4 is 15.4 Å². The lowest BCUT2D eigenvalue weighted by Crippen LogP contribution is -2.20. The number of hydrogen-bond donors (Lipinski definition) is 2. The minimum absolute atomic E-state index is 0.138. The Morgan fingerprint density at radius 1 is 1.04 bits per heavy atom. The number of carbonyl (C=O) groups is 2. The number of nitrogens with zero attached hydrogens (tertiary/aromatic N) is 1. The Morgan fingerprint density at radius 2 is 1.54 bits per heavy atom. The van der Waals surface area contributed by atoms with Crippen LogP contribution in [0, 0.1) is 25.2 Å². The van der Waals surface area contributed by atoms with Crippen LogP contribution in [0.4, 0.5) is 11.4 Å². The Morgan fingerprint density at radius 3 is 2.04 bits per heavy atom. The summed E-state index contributed by atoms with van der Waals surface area (Å²) in [5.74, 6) is -0.113. The van der Waals surface area contributed by atoms with Gasteiger partial charge in [-0.25, -0.2) is 0 Å². The maximum Gasteiger partial charge on any atom is 0.262 e. The number of carbonyl (C=O) groups excluding carboxylic acids is 2. The molecule has 134 valence electrons. The monoisotopic (exact) mass is 371 g/mol.